The molecular weight excluding hydrogens is 278 g/mol. The molecule has 1 aliphatic heterocycles. The summed E-state index contributed by atoms with van der Waals surface area (Å²) >= 11 is 6.68. The van der Waals surface area contributed by atoms with E-state index in [9.17, 15) is 9.59 Å². The number of esters is 1. The van der Waals surface area contributed by atoms with Crippen LogP contribution in [0.15, 0.2) is 0 Å². The average molecular weight is 290 g/mol. The number of hydrogen-bond donors (Lipinski definition) is 0. The van der Waals surface area contributed by atoms with Crippen LogP contribution in [-0.2, 0) is 9.53 Å². The van der Waals surface area contributed by atoms with Gasteiger partial charge in [-0.05, 0) is 17.5 Å². The van der Waals surface area contributed by atoms with Crippen molar-refractivity contribution in [3.8, 4) is 0 Å². The van der Waals surface area contributed by atoms with Crippen LogP contribution < -0.4 is 0 Å². The summed E-state index contributed by atoms with van der Waals surface area (Å²) in [6.45, 7) is 2.78. The second-order valence-electron chi connectivity index (χ2n) is 4.18. The van der Waals surface area contributed by atoms with Crippen molar-refractivity contribution in [3.63, 3.8) is 0 Å². The third-order valence-electron chi connectivity index (χ3n) is 2.99. The van der Waals surface area contributed by atoms with Crippen molar-refractivity contribution in [2.45, 2.75) is 6.92 Å². The molecule has 18 heavy (non-hydrogen) atoms. The summed E-state index contributed by atoms with van der Waals surface area (Å²) < 4.78 is 4.95. The van der Waals surface area contributed by atoms with Crippen LogP contribution in [0.2, 0.25) is 4.47 Å². The Morgan fingerprint density at radius 3 is 2.72 bits per heavy atom. The molecule has 1 aromatic heterocycles. The molecule has 0 saturated carbocycles. The molecule has 1 saturated heterocycles. The maximum Gasteiger partial charge on any atom is 0.310 e. The van der Waals surface area contributed by atoms with Crippen molar-refractivity contribution >= 4 is 34.8 Å². The van der Waals surface area contributed by atoms with Gasteiger partial charge < -0.3 is 9.64 Å². The average Bonchev–Trinajstić information content (AvgIpc) is 2.94. The third-order valence-corrected chi connectivity index (χ3v) is 3.99. The van der Waals surface area contributed by atoms with Crippen LogP contribution in [0.1, 0.15) is 16.7 Å². The van der Waals surface area contributed by atoms with Gasteiger partial charge in [-0.15, -0.1) is 10.2 Å². The van der Waals surface area contributed by atoms with Gasteiger partial charge in [-0.1, -0.05) is 18.3 Å². The molecular formula is C10H12ClN3O3S. The maximum absolute atomic E-state index is 12.1. The molecule has 0 spiro atoms. The van der Waals surface area contributed by atoms with Crippen molar-refractivity contribution in [1.29, 1.82) is 0 Å². The zero-order valence-electron chi connectivity index (χ0n) is 9.92. The Morgan fingerprint density at radius 2 is 2.17 bits per heavy atom. The fourth-order valence-corrected chi connectivity index (χ4v) is 2.81. The SMILES string of the molecule is COC(=O)C1CN(C(=O)c2nnc(Cl)s2)CC1C. The molecule has 0 bridgehead atoms. The van der Waals surface area contributed by atoms with Gasteiger partial charge in [-0.3, -0.25) is 9.59 Å². The lowest BCUT2D eigenvalue weighted by molar-refractivity contribution is -0.146. The summed E-state index contributed by atoms with van der Waals surface area (Å²) in [7, 11) is 1.35. The molecule has 2 atom stereocenters. The van der Waals surface area contributed by atoms with E-state index in [0.717, 1.165) is 11.3 Å². The van der Waals surface area contributed by atoms with E-state index in [4.69, 9.17) is 16.3 Å². The van der Waals surface area contributed by atoms with Crippen LogP contribution in [0.25, 0.3) is 0 Å². The molecule has 2 unspecified atom stereocenters. The molecule has 0 aromatic carbocycles. The van der Waals surface area contributed by atoms with Crippen LogP contribution in [0, 0.1) is 11.8 Å². The Morgan fingerprint density at radius 1 is 1.44 bits per heavy atom. The molecule has 2 rings (SSSR count). The fraction of sp³-hybridized carbons (Fsp3) is 0.600. The van der Waals surface area contributed by atoms with Gasteiger partial charge in [0, 0.05) is 13.1 Å². The second kappa shape index (κ2) is 5.19. The number of aromatic nitrogens is 2. The van der Waals surface area contributed by atoms with Gasteiger partial charge in [-0.2, -0.15) is 0 Å². The summed E-state index contributed by atoms with van der Waals surface area (Å²) in [6, 6.07) is 0. The molecule has 6 nitrogen and oxygen atoms in total. The molecule has 1 amide bonds. The van der Waals surface area contributed by atoms with Gasteiger partial charge in [-0.25, -0.2) is 0 Å². The van der Waals surface area contributed by atoms with E-state index >= 15 is 0 Å². The smallest absolute Gasteiger partial charge is 0.310 e. The highest BCUT2D eigenvalue weighted by molar-refractivity contribution is 7.17. The number of hydrogen-bond acceptors (Lipinski definition) is 6. The predicted octanol–water partition coefficient (Wildman–Crippen LogP) is 1.07. The quantitative estimate of drug-likeness (QED) is 0.762. The maximum atomic E-state index is 12.1. The first kappa shape index (κ1) is 13.2. The van der Waals surface area contributed by atoms with Crippen molar-refractivity contribution < 1.29 is 14.3 Å². The third kappa shape index (κ3) is 2.46. The molecule has 1 aliphatic rings. The molecule has 98 valence electrons. The van der Waals surface area contributed by atoms with Crippen molar-refractivity contribution in [2.24, 2.45) is 11.8 Å². The van der Waals surface area contributed by atoms with Crippen LogP contribution in [0.3, 0.4) is 0 Å². The Bertz CT molecular complexity index is 479. The largest absolute Gasteiger partial charge is 0.469 e. The van der Waals surface area contributed by atoms with Crippen LogP contribution in [-0.4, -0.2) is 47.2 Å². The number of rotatable bonds is 2. The highest BCUT2D eigenvalue weighted by atomic mass is 35.5. The van der Waals surface area contributed by atoms with Gasteiger partial charge in [0.2, 0.25) is 9.47 Å². The molecule has 8 heteroatoms. The molecule has 2 heterocycles. The summed E-state index contributed by atoms with van der Waals surface area (Å²) in [5.41, 5.74) is 0. The summed E-state index contributed by atoms with van der Waals surface area (Å²) in [5, 5.41) is 7.55. The number of amides is 1. The van der Waals surface area contributed by atoms with E-state index in [1.807, 2.05) is 6.92 Å². The van der Waals surface area contributed by atoms with E-state index in [1.165, 1.54) is 7.11 Å². The minimum Gasteiger partial charge on any atom is -0.469 e. The standard InChI is InChI=1S/C10H12ClN3O3S/c1-5-3-14(4-6(5)9(16)17-2)8(15)7-12-13-10(11)18-7/h5-6H,3-4H2,1-2H3. The van der Waals surface area contributed by atoms with Crippen molar-refractivity contribution in [2.75, 3.05) is 20.2 Å². The number of carbonyl (C=O) groups is 2. The van der Waals surface area contributed by atoms with Gasteiger partial charge in [0.1, 0.15) is 0 Å². The number of ether oxygens (including phenoxy) is 1. The molecule has 0 radical (unpaired) electrons. The first-order chi connectivity index (χ1) is 8.52. The number of likely N-dealkylation sites (tertiary alicyclic amines) is 1. The summed E-state index contributed by atoms with van der Waals surface area (Å²) in [4.78, 5) is 25.2. The highest BCUT2D eigenvalue weighted by Crippen LogP contribution is 2.26. The minimum atomic E-state index is -0.284. The minimum absolute atomic E-state index is 0.0739. The normalized spacial score (nSPS) is 23.2. The fourth-order valence-electron chi connectivity index (χ4n) is 2.02. The first-order valence-corrected chi connectivity index (χ1v) is 6.58. The van der Waals surface area contributed by atoms with Gasteiger partial charge in [0.05, 0.1) is 13.0 Å². The molecule has 0 aliphatic carbocycles. The van der Waals surface area contributed by atoms with Gasteiger partial charge >= 0.3 is 5.97 Å². The lowest BCUT2D eigenvalue weighted by Crippen LogP contribution is -2.30. The predicted molar refractivity (Wildman–Crippen MR) is 65.5 cm³/mol. The van der Waals surface area contributed by atoms with Crippen LogP contribution in [0.5, 0.6) is 0 Å². The Hall–Kier alpha value is -1.21. The van der Waals surface area contributed by atoms with Crippen LogP contribution in [0.4, 0.5) is 0 Å². The van der Waals surface area contributed by atoms with Crippen molar-refractivity contribution in [3.05, 3.63) is 9.47 Å². The van der Waals surface area contributed by atoms with Crippen LogP contribution >= 0.6 is 22.9 Å². The zero-order chi connectivity index (χ0) is 13.3. The van der Waals surface area contributed by atoms with E-state index in [2.05, 4.69) is 10.2 Å². The van der Waals surface area contributed by atoms with E-state index in [0.29, 0.717) is 13.1 Å². The summed E-state index contributed by atoms with van der Waals surface area (Å²) in [6.07, 6.45) is 0. The first-order valence-electron chi connectivity index (χ1n) is 5.39. The Balaban J connectivity index is 2.08. The highest BCUT2D eigenvalue weighted by Gasteiger charge is 2.38. The van der Waals surface area contributed by atoms with Crippen molar-refractivity contribution in [1.82, 2.24) is 15.1 Å². The van der Waals surface area contributed by atoms with Gasteiger partial charge in [0.25, 0.3) is 5.91 Å². The Kier molecular flexibility index (Phi) is 3.82. The molecule has 1 fully saturated rings. The molecule has 0 N–H and O–H groups in total. The van der Waals surface area contributed by atoms with E-state index in [1.54, 1.807) is 4.90 Å². The monoisotopic (exact) mass is 289 g/mol. The van der Waals surface area contributed by atoms with E-state index < -0.39 is 0 Å². The zero-order valence-corrected chi connectivity index (χ0v) is 11.5. The second-order valence-corrected chi connectivity index (χ2v) is 5.74. The number of methoxy groups -OCH3 is 1. The van der Waals surface area contributed by atoms with E-state index in [-0.39, 0.29) is 33.2 Å². The number of nitrogens with zero attached hydrogens (tertiary/aromatic N) is 3. The molecule has 1 aromatic rings. The summed E-state index contributed by atoms with van der Waals surface area (Å²) in [5.74, 6) is -0.724. The Labute approximate surface area is 113 Å². The lowest BCUT2D eigenvalue weighted by Gasteiger charge is -2.13. The lowest BCUT2D eigenvalue weighted by atomic mass is 9.99. The number of carbonyl (C=O) groups excluding carboxylic acids is 2. The number of halogens is 1. The van der Waals surface area contributed by atoms with Gasteiger partial charge in [0.15, 0.2) is 0 Å². The topological polar surface area (TPSA) is 72.4 Å².